The van der Waals surface area contributed by atoms with Crippen molar-refractivity contribution in [1.29, 1.82) is 0 Å². The van der Waals surface area contributed by atoms with Crippen LogP contribution in [-0.4, -0.2) is 52.3 Å². The summed E-state index contributed by atoms with van der Waals surface area (Å²) in [6.07, 6.45) is -0.0379. The van der Waals surface area contributed by atoms with E-state index in [1.165, 1.54) is 0 Å². The van der Waals surface area contributed by atoms with Gasteiger partial charge in [-0.3, -0.25) is 4.90 Å². The molecule has 0 N–H and O–H groups in total. The standard InChI is InChI=1S/C26H36N2O4/c1-18(21-14-10-12-19-11-8-9-13-22(19)21)28(24(30)32-26(5,6)7)20-15-16-27(17-20)23(29)31-25(2,3)4/h8-14,18,20H,15-17H2,1-7H3/t18-,20+/m1/s1. The van der Waals surface area contributed by atoms with E-state index >= 15 is 0 Å². The zero-order valence-corrected chi connectivity index (χ0v) is 20.3. The molecule has 0 radical (unpaired) electrons. The molecule has 1 aliphatic heterocycles. The lowest BCUT2D eigenvalue weighted by molar-refractivity contribution is 0.00477. The highest BCUT2D eigenvalue weighted by atomic mass is 16.6. The largest absolute Gasteiger partial charge is 0.444 e. The second-order valence-electron chi connectivity index (χ2n) is 10.5. The van der Waals surface area contributed by atoms with Crippen molar-refractivity contribution in [2.24, 2.45) is 0 Å². The van der Waals surface area contributed by atoms with E-state index in [4.69, 9.17) is 9.47 Å². The molecule has 174 valence electrons. The fraction of sp³-hybridized carbons (Fsp3) is 0.538. The normalized spacial score (nSPS) is 17.8. The number of hydrogen-bond donors (Lipinski definition) is 0. The van der Waals surface area contributed by atoms with Gasteiger partial charge >= 0.3 is 12.2 Å². The van der Waals surface area contributed by atoms with E-state index in [0.29, 0.717) is 19.5 Å². The Morgan fingerprint density at radius 2 is 1.59 bits per heavy atom. The fourth-order valence-corrected chi connectivity index (χ4v) is 4.16. The Morgan fingerprint density at radius 3 is 2.25 bits per heavy atom. The molecule has 32 heavy (non-hydrogen) atoms. The summed E-state index contributed by atoms with van der Waals surface area (Å²) < 4.78 is 11.3. The SMILES string of the molecule is C[C@H](c1cccc2ccccc12)N(C(=O)OC(C)(C)C)[C@H]1CCN(C(=O)OC(C)(C)C)C1. The van der Waals surface area contributed by atoms with Crippen molar-refractivity contribution in [3.63, 3.8) is 0 Å². The van der Waals surface area contributed by atoms with Crippen LogP contribution in [0.2, 0.25) is 0 Å². The van der Waals surface area contributed by atoms with Crippen LogP contribution in [-0.2, 0) is 9.47 Å². The molecule has 1 aliphatic rings. The van der Waals surface area contributed by atoms with Crippen molar-refractivity contribution in [2.75, 3.05) is 13.1 Å². The van der Waals surface area contributed by atoms with E-state index in [1.807, 2.05) is 66.7 Å². The third-order valence-corrected chi connectivity index (χ3v) is 5.50. The third-order valence-electron chi connectivity index (χ3n) is 5.50. The van der Waals surface area contributed by atoms with E-state index in [2.05, 4.69) is 24.3 Å². The summed E-state index contributed by atoms with van der Waals surface area (Å²) in [7, 11) is 0. The zero-order valence-electron chi connectivity index (χ0n) is 20.3. The smallest absolute Gasteiger partial charge is 0.411 e. The van der Waals surface area contributed by atoms with Crippen LogP contribution in [0.1, 0.15) is 66.5 Å². The Morgan fingerprint density at radius 1 is 0.969 bits per heavy atom. The molecule has 1 fully saturated rings. The lowest BCUT2D eigenvalue weighted by Gasteiger charge is -2.36. The van der Waals surface area contributed by atoms with Crippen molar-refractivity contribution >= 4 is 23.0 Å². The van der Waals surface area contributed by atoms with Crippen molar-refractivity contribution in [3.8, 4) is 0 Å². The van der Waals surface area contributed by atoms with Gasteiger partial charge in [0.2, 0.25) is 0 Å². The number of benzene rings is 2. The second-order valence-corrected chi connectivity index (χ2v) is 10.5. The van der Waals surface area contributed by atoms with Crippen molar-refractivity contribution < 1.29 is 19.1 Å². The van der Waals surface area contributed by atoms with Crippen molar-refractivity contribution in [3.05, 3.63) is 48.0 Å². The third kappa shape index (κ3) is 5.72. The Labute approximate surface area is 191 Å². The lowest BCUT2D eigenvalue weighted by Crippen LogP contribution is -2.46. The summed E-state index contributed by atoms with van der Waals surface area (Å²) in [6, 6.07) is 13.9. The number of likely N-dealkylation sites (tertiary alicyclic amines) is 1. The van der Waals surface area contributed by atoms with Crippen LogP contribution in [0.15, 0.2) is 42.5 Å². The first-order chi connectivity index (χ1) is 14.9. The summed E-state index contributed by atoms with van der Waals surface area (Å²) in [4.78, 5) is 29.5. The molecule has 0 spiro atoms. The van der Waals surface area contributed by atoms with Gasteiger partial charge in [0.15, 0.2) is 0 Å². The highest BCUT2D eigenvalue weighted by molar-refractivity contribution is 5.86. The molecule has 6 heteroatoms. The molecule has 6 nitrogen and oxygen atoms in total. The summed E-state index contributed by atoms with van der Waals surface area (Å²) >= 11 is 0. The molecule has 1 heterocycles. The fourth-order valence-electron chi connectivity index (χ4n) is 4.16. The van der Waals surface area contributed by atoms with Gasteiger partial charge in [0.1, 0.15) is 11.2 Å². The van der Waals surface area contributed by atoms with Gasteiger partial charge in [0.25, 0.3) is 0 Å². The maximum atomic E-state index is 13.4. The van der Waals surface area contributed by atoms with E-state index in [1.54, 1.807) is 9.80 Å². The highest BCUT2D eigenvalue weighted by Crippen LogP contribution is 2.33. The Balaban J connectivity index is 1.91. The Hall–Kier alpha value is -2.76. The monoisotopic (exact) mass is 440 g/mol. The topological polar surface area (TPSA) is 59.1 Å². The maximum Gasteiger partial charge on any atom is 0.411 e. The number of carbonyl (C=O) groups excluding carboxylic acids is 2. The van der Waals surface area contributed by atoms with Crippen molar-refractivity contribution in [1.82, 2.24) is 9.80 Å². The molecule has 2 amide bonds. The molecular formula is C26H36N2O4. The van der Waals surface area contributed by atoms with E-state index in [-0.39, 0.29) is 24.3 Å². The minimum Gasteiger partial charge on any atom is -0.444 e. The van der Waals surface area contributed by atoms with E-state index in [0.717, 1.165) is 16.3 Å². The van der Waals surface area contributed by atoms with Crippen LogP contribution in [0.4, 0.5) is 9.59 Å². The van der Waals surface area contributed by atoms with Gasteiger partial charge in [-0.15, -0.1) is 0 Å². The Bertz CT molecular complexity index is 968. The predicted molar refractivity (Wildman–Crippen MR) is 127 cm³/mol. The molecule has 2 aromatic rings. The minimum atomic E-state index is -0.614. The van der Waals surface area contributed by atoms with Crippen LogP contribution >= 0.6 is 0 Å². The summed E-state index contributed by atoms with van der Waals surface area (Å²) in [5.74, 6) is 0. The summed E-state index contributed by atoms with van der Waals surface area (Å²) in [5.41, 5.74) is -0.113. The number of carbonyl (C=O) groups is 2. The van der Waals surface area contributed by atoms with E-state index in [9.17, 15) is 9.59 Å². The first kappa shape index (κ1) is 23.9. The summed E-state index contributed by atoms with van der Waals surface area (Å²) in [5, 5.41) is 2.24. The van der Waals surface area contributed by atoms with Gasteiger partial charge in [-0.25, -0.2) is 9.59 Å². The van der Waals surface area contributed by atoms with Gasteiger partial charge < -0.3 is 14.4 Å². The first-order valence-electron chi connectivity index (χ1n) is 11.3. The maximum absolute atomic E-state index is 13.4. The van der Waals surface area contributed by atoms with Crippen LogP contribution in [0, 0.1) is 0 Å². The Kier molecular flexibility index (Phi) is 6.72. The van der Waals surface area contributed by atoms with Crippen molar-refractivity contribution in [2.45, 2.75) is 78.2 Å². The lowest BCUT2D eigenvalue weighted by atomic mass is 9.97. The predicted octanol–water partition coefficient (Wildman–Crippen LogP) is 6.15. The number of hydrogen-bond acceptors (Lipinski definition) is 4. The van der Waals surface area contributed by atoms with E-state index < -0.39 is 11.2 Å². The summed E-state index contributed by atoms with van der Waals surface area (Å²) in [6.45, 7) is 14.2. The zero-order chi connectivity index (χ0) is 23.7. The molecule has 0 aliphatic carbocycles. The minimum absolute atomic E-state index is 0.161. The molecule has 0 aromatic heterocycles. The molecular weight excluding hydrogens is 404 g/mol. The average molecular weight is 441 g/mol. The molecule has 0 bridgehead atoms. The molecule has 3 rings (SSSR count). The van der Waals surface area contributed by atoms with Gasteiger partial charge in [-0.1, -0.05) is 42.5 Å². The number of rotatable bonds is 3. The number of fused-ring (bicyclic) bond motifs is 1. The number of nitrogens with zero attached hydrogens (tertiary/aromatic N) is 2. The molecule has 2 aromatic carbocycles. The number of ether oxygens (including phenoxy) is 2. The van der Waals surface area contributed by atoms with Crippen LogP contribution in [0.3, 0.4) is 0 Å². The molecule has 1 saturated heterocycles. The van der Waals surface area contributed by atoms with Gasteiger partial charge in [0.05, 0.1) is 12.1 Å². The van der Waals surface area contributed by atoms with Crippen LogP contribution < -0.4 is 0 Å². The van der Waals surface area contributed by atoms with Crippen LogP contribution in [0.5, 0.6) is 0 Å². The van der Waals surface area contributed by atoms with Gasteiger partial charge in [-0.2, -0.15) is 0 Å². The average Bonchev–Trinajstić information content (AvgIpc) is 3.14. The first-order valence-corrected chi connectivity index (χ1v) is 11.3. The molecule has 0 saturated carbocycles. The van der Waals surface area contributed by atoms with Gasteiger partial charge in [0, 0.05) is 13.1 Å². The number of amides is 2. The molecule has 0 unspecified atom stereocenters. The van der Waals surface area contributed by atoms with Crippen LogP contribution in [0.25, 0.3) is 10.8 Å². The molecule has 2 atom stereocenters. The van der Waals surface area contributed by atoms with Gasteiger partial charge in [-0.05, 0) is 71.2 Å². The second kappa shape index (κ2) is 9.00. The highest BCUT2D eigenvalue weighted by Gasteiger charge is 2.39. The quantitative estimate of drug-likeness (QED) is 0.574.